The molecule has 86 valence electrons. The minimum atomic E-state index is -0.164. The van der Waals surface area contributed by atoms with E-state index in [1.165, 1.54) is 0 Å². The van der Waals surface area contributed by atoms with Crippen molar-refractivity contribution in [3.05, 3.63) is 30.1 Å². The molecule has 2 rings (SSSR count). The van der Waals surface area contributed by atoms with E-state index in [0.29, 0.717) is 18.2 Å². The molecule has 0 atom stereocenters. The van der Waals surface area contributed by atoms with Gasteiger partial charge < -0.3 is 10.0 Å². The normalized spacial score (nSPS) is 23.6. The van der Waals surface area contributed by atoms with Crippen molar-refractivity contribution in [1.29, 1.82) is 0 Å². The molecule has 0 saturated heterocycles. The highest BCUT2D eigenvalue weighted by Crippen LogP contribution is 2.27. The van der Waals surface area contributed by atoms with Crippen molar-refractivity contribution in [2.45, 2.75) is 18.9 Å². The monoisotopic (exact) mass is 220 g/mol. The first-order chi connectivity index (χ1) is 7.66. The summed E-state index contributed by atoms with van der Waals surface area (Å²) in [7, 11) is 1.78. The molecular formula is C12H16N2O2. The molecule has 1 fully saturated rings. The first-order valence-electron chi connectivity index (χ1n) is 5.51. The van der Waals surface area contributed by atoms with Crippen LogP contribution < -0.4 is 0 Å². The number of pyridine rings is 1. The summed E-state index contributed by atoms with van der Waals surface area (Å²) in [6.07, 6.45) is 3.07. The third-order valence-electron chi connectivity index (χ3n) is 2.97. The van der Waals surface area contributed by atoms with E-state index in [-0.39, 0.29) is 12.0 Å². The lowest BCUT2D eigenvalue weighted by molar-refractivity contribution is 0.0264. The average molecular weight is 220 g/mol. The van der Waals surface area contributed by atoms with E-state index in [1.807, 2.05) is 0 Å². The molecule has 0 aliphatic heterocycles. The Labute approximate surface area is 94.9 Å². The maximum Gasteiger partial charge on any atom is 0.272 e. The first kappa shape index (κ1) is 11.1. The lowest BCUT2D eigenvalue weighted by Crippen LogP contribution is -2.39. The van der Waals surface area contributed by atoms with E-state index in [4.69, 9.17) is 0 Å². The molecule has 1 heterocycles. The second kappa shape index (κ2) is 4.61. The van der Waals surface area contributed by atoms with Crippen molar-refractivity contribution in [1.82, 2.24) is 9.88 Å². The van der Waals surface area contributed by atoms with Gasteiger partial charge in [-0.2, -0.15) is 0 Å². The topological polar surface area (TPSA) is 53.4 Å². The number of aliphatic hydroxyl groups is 1. The van der Waals surface area contributed by atoms with Crippen LogP contribution in [0.1, 0.15) is 23.3 Å². The summed E-state index contributed by atoms with van der Waals surface area (Å²) in [5, 5.41) is 9.17. The molecule has 0 bridgehead atoms. The zero-order valence-corrected chi connectivity index (χ0v) is 9.34. The van der Waals surface area contributed by atoms with Gasteiger partial charge in [-0.3, -0.25) is 9.78 Å². The molecule has 4 nitrogen and oxygen atoms in total. The standard InChI is InChI=1S/C12H16N2O2/c1-14(8-9-6-10(15)7-9)12(16)11-4-2-3-5-13-11/h2-5,9-10,15H,6-8H2,1H3. The predicted molar refractivity (Wildman–Crippen MR) is 59.9 cm³/mol. The van der Waals surface area contributed by atoms with Crippen LogP contribution in [-0.4, -0.2) is 40.6 Å². The summed E-state index contributed by atoms with van der Waals surface area (Å²) < 4.78 is 0. The fourth-order valence-electron chi connectivity index (χ4n) is 2.00. The summed E-state index contributed by atoms with van der Waals surface area (Å²) in [5.74, 6) is 0.384. The maximum absolute atomic E-state index is 11.9. The molecule has 0 aromatic carbocycles. The Morgan fingerprint density at radius 1 is 1.56 bits per heavy atom. The molecule has 0 unspecified atom stereocenters. The molecule has 0 radical (unpaired) electrons. The number of carbonyl (C=O) groups excluding carboxylic acids is 1. The number of hydrogen-bond acceptors (Lipinski definition) is 3. The van der Waals surface area contributed by atoms with Gasteiger partial charge in [-0.25, -0.2) is 0 Å². The minimum absolute atomic E-state index is 0.0537. The number of carbonyl (C=O) groups is 1. The number of amides is 1. The minimum Gasteiger partial charge on any atom is -0.393 e. The Bertz CT molecular complexity index is 361. The lowest BCUT2D eigenvalue weighted by Gasteiger charge is -2.34. The number of hydrogen-bond donors (Lipinski definition) is 1. The summed E-state index contributed by atoms with van der Waals surface area (Å²) in [6, 6.07) is 5.31. The van der Waals surface area contributed by atoms with Crippen LogP contribution in [0.4, 0.5) is 0 Å². The zero-order valence-electron chi connectivity index (χ0n) is 9.34. The number of rotatable bonds is 3. The summed E-state index contributed by atoms with van der Waals surface area (Å²) in [4.78, 5) is 17.6. The fourth-order valence-corrected chi connectivity index (χ4v) is 2.00. The summed E-state index contributed by atoms with van der Waals surface area (Å²) in [6.45, 7) is 0.701. The van der Waals surface area contributed by atoms with Gasteiger partial charge in [0.15, 0.2) is 0 Å². The fraction of sp³-hybridized carbons (Fsp3) is 0.500. The molecule has 1 aliphatic carbocycles. The molecule has 16 heavy (non-hydrogen) atoms. The Morgan fingerprint density at radius 3 is 2.88 bits per heavy atom. The van der Waals surface area contributed by atoms with E-state index < -0.39 is 0 Å². The van der Waals surface area contributed by atoms with Gasteiger partial charge in [-0.1, -0.05) is 6.07 Å². The van der Waals surface area contributed by atoms with Gasteiger partial charge in [0.1, 0.15) is 5.69 Å². The largest absolute Gasteiger partial charge is 0.393 e. The van der Waals surface area contributed by atoms with Gasteiger partial charge in [0, 0.05) is 19.8 Å². The van der Waals surface area contributed by atoms with E-state index >= 15 is 0 Å². The highest BCUT2D eigenvalue weighted by molar-refractivity contribution is 5.92. The van der Waals surface area contributed by atoms with Gasteiger partial charge in [-0.05, 0) is 30.9 Å². The third-order valence-corrected chi connectivity index (χ3v) is 2.97. The molecule has 1 saturated carbocycles. The summed E-state index contributed by atoms with van der Waals surface area (Å²) >= 11 is 0. The van der Waals surface area contributed by atoms with Crippen LogP contribution in [0.5, 0.6) is 0 Å². The van der Waals surface area contributed by atoms with Crippen molar-refractivity contribution in [3.8, 4) is 0 Å². The molecule has 1 amide bonds. The number of aromatic nitrogens is 1. The van der Waals surface area contributed by atoms with Crippen molar-refractivity contribution in [2.24, 2.45) is 5.92 Å². The highest BCUT2D eigenvalue weighted by atomic mass is 16.3. The molecule has 1 N–H and O–H groups in total. The Hall–Kier alpha value is -1.42. The van der Waals surface area contributed by atoms with E-state index in [2.05, 4.69) is 4.98 Å². The molecule has 1 aromatic heterocycles. The van der Waals surface area contributed by atoms with Gasteiger partial charge in [0.05, 0.1) is 6.10 Å². The highest BCUT2D eigenvalue weighted by Gasteiger charge is 2.29. The van der Waals surface area contributed by atoms with E-state index in [0.717, 1.165) is 12.8 Å². The van der Waals surface area contributed by atoms with Gasteiger partial charge in [0.2, 0.25) is 0 Å². The number of nitrogens with zero attached hydrogens (tertiary/aromatic N) is 2. The Kier molecular flexibility index (Phi) is 3.19. The van der Waals surface area contributed by atoms with Crippen molar-refractivity contribution in [3.63, 3.8) is 0 Å². The Balaban J connectivity index is 1.90. The average Bonchev–Trinajstić information content (AvgIpc) is 2.27. The molecule has 4 heteroatoms. The Morgan fingerprint density at radius 2 is 2.31 bits per heavy atom. The van der Waals surface area contributed by atoms with Crippen LogP contribution in [0.25, 0.3) is 0 Å². The zero-order chi connectivity index (χ0) is 11.5. The predicted octanol–water partition coefficient (Wildman–Crippen LogP) is 0.925. The lowest BCUT2D eigenvalue weighted by atomic mass is 9.82. The van der Waals surface area contributed by atoms with Crippen LogP contribution >= 0.6 is 0 Å². The van der Waals surface area contributed by atoms with Crippen LogP contribution in [-0.2, 0) is 0 Å². The van der Waals surface area contributed by atoms with Crippen LogP contribution in [0.3, 0.4) is 0 Å². The van der Waals surface area contributed by atoms with Gasteiger partial charge in [-0.15, -0.1) is 0 Å². The van der Waals surface area contributed by atoms with Crippen LogP contribution in [0, 0.1) is 5.92 Å². The molecule has 1 aliphatic rings. The maximum atomic E-state index is 11.9. The third kappa shape index (κ3) is 2.39. The van der Waals surface area contributed by atoms with Crippen LogP contribution in [0.15, 0.2) is 24.4 Å². The first-order valence-corrected chi connectivity index (χ1v) is 5.51. The molecule has 0 spiro atoms. The van der Waals surface area contributed by atoms with Crippen LogP contribution in [0.2, 0.25) is 0 Å². The van der Waals surface area contributed by atoms with E-state index in [1.54, 1.807) is 36.3 Å². The second-order valence-electron chi connectivity index (χ2n) is 4.39. The SMILES string of the molecule is CN(CC1CC(O)C1)C(=O)c1ccccn1. The van der Waals surface area contributed by atoms with Gasteiger partial charge in [0.25, 0.3) is 5.91 Å². The number of aliphatic hydroxyl groups excluding tert-OH is 1. The van der Waals surface area contributed by atoms with Crippen molar-refractivity contribution >= 4 is 5.91 Å². The molecule has 1 aromatic rings. The second-order valence-corrected chi connectivity index (χ2v) is 4.39. The van der Waals surface area contributed by atoms with Crippen molar-refractivity contribution in [2.75, 3.05) is 13.6 Å². The molecular weight excluding hydrogens is 204 g/mol. The van der Waals surface area contributed by atoms with Gasteiger partial charge >= 0.3 is 0 Å². The quantitative estimate of drug-likeness (QED) is 0.824. The van der Waals surface area contributed by atoms with Crippen molar-refractivity contribution < 1.29 is 9.90 Å². The van der Waals surface area contributed by atoms with E-state index in [9.17, 15) is 9.90 Å². The summed E-state index contributed by atoms with van der Waals surface area (Å²) in [5.41, 5.74) is 0.477. The smallest absolute Gasteiger partial charge is 0.272 e.